The van der Waals surface area contributed by atoms with Gasteiger partial charge < -0.3 is 4.98 Å². The van der Waals surface area contributed by atoms with Crippen LogP contribution >= 0.6 is 11.8 Å². The molecule has 0 saturated heterocycles. The molecule has 30 heavy (non-hydrogen) atoms. The number of nitrogens with one attached hydrogen (secondary N) is 1. The first-order valence-corrected chi connectivity index (χ1v) is 10.1. The van der Waals surface area contributed by atoms with Crippen LogP contribution in [0.5, 0.6) is 0 Å². The van der Waals surface area contributed by atoms with Gasteiger partial charge in [-0.1, -0.05) is 36.0 Å². The number of hydrogen-bond acceptors (Lipinski definition) is 4. The number of alkyl halides is 3. The molecule has 2 aromatic carbocycles. The Bertz CT molecular complexity index is 1290. The monoisotopic (exact) mass is 430 g/mol. The van der Waals surface area contributed by atoms with E-state index < -0.39 is 11.7 Å². The van der Waals surface area contributed by atoms with Gasteiger partial charge >= 0.3 is 6.18 Å². The fourth-order valence-corrected chi connectivity index (χ4v) is 3.80. The van der Waals surface area contributed by atoms with Crippen molar-refractivity contribution >= 4 is 22.8 Å². The van der Waals surface area contributed by atoms with E-state index in [2.05, 4.69) is 15.1 Å². The maximum Gasteiger partial charge on any atom is 0.416 e. The Morgan fingerprint density at radius 2 is 1.90 bits per heavy atom. The fraction of sp³-hybridized carbons (Fsp3) is 0.190. The summed E-state index contributed by atoms with van der Waals surface area (Å²) in [6, 6.07) is 10.9. The summed E-state index contributed by atoms with van der Waals surface area (Å²) in [5.74, 6) is 0.232. The van der Waals surface area contributed by atoms with Gasteiger partial charge in [0.05, 0.1) is 17.4 Å². The number of aromatic nitrogens is 4. The summed E-state index contributed by atoms with van der Waals surface area (Å²) >= 11 is 1.16. The zero-order valence-electron chi connectivity index (χ0n) is 16.1. The van der Waals surface area contributed by atoms with Crippen molar-refractivity contribution in [3.63, 3.8) is 0 Å². The van der Waals surface area contributed by atoms with Crippen molar-refractivity contribution in [3.05, 3.63) is 81.3 Å². The molecule has 0 saturated carbocycles. The number of aryl methyl sites for hydroxylation is 2. The lowest BCUT2D eigenvalue weighted by atomic mass is 10.1. The Balaban J connectivity index is 1.66. The third kappa shape index (κ3) is 3.97. The highest BCUT2D eigenvalue weighted by molar-refractivity contribution is 7.98. The molecule has 4 rings (SSSR count). The molecule has 0 fully saturated rings. The Kier molecular flexibility index (Phi) is 5.15. The van der Waals surface area contributed by atoms with E-state index in [0.717, 1.165) is 40.7 Å². The minimum absolute atomic E-state index is 0.232. The lowest BCUT2D eigenvalue weighted by Crippen LogP contribution is -2.10. The van der Waals surface area contributed by atoms with Gasteiger partial charge in [-0.25, -0.2) is 9.67 Å². The van der Waals surface area contributed by atoms with Gasteiger partial charge in [-0.3, -0.25) is 4.79 Å². The van der Waals surface area contributed by atoms with E-state index >= 15 is 0 Å². The number of aromatic amines is 1. The Morgan fingerprint density at radius 1 is 1.10 bits per heavy atom. The van der Waals surface area contributed by atoms with Crippen molar-refractivity contribution in [2.75, 3.05) is 0 Å². The summed E-state index contributed by atoms with van der Waals surface area (Å²) in [5.41, 5.74) is 2.83. The number of hydrogen-bond donors (Lipinski definition) is 1. The summed E-state index contributed by atoms with van der Waals surface area (Å²) in [6.45, 7) is 3.99. The molecule has 0 aliphatic heterocycles. The van der Waals surface area contributed by atoms with Crippen molar-refractivity contribution < 1.29 is 13.2 Å². The predicted octanol–water partition coefficient (Wildman–Crippen LogP) is 5.04. The van der Waals surface area contributed by atoms with Crippen LogP contribution in [-0.2, 0) is 11.9 Å². The number of fused-ring (bicyclic) bond motifs is 1. The molecule has 0 aliphatic rings. The maximum atomic E-state index is 12.9. The van der Waals surface area contributed by atoms with Gasteiger partial charge in [0.1, 0.15) is 5.39 Å². The van der Waals surface area contributed by atoms with Crippen LogP contribution in [0.15, 0.2) is 58.6 Å². The van der Waals surface area contributed by atoms with Gasteiger partial charge in [-0.05, 0) is 48.7 Å². The standard InChI is InChI=1S/C21H17F3N4OS/c1-12-6-7-16(8-13(12)2)28-18-17(10-25-28)19(29)27-20(26-18)30-11-14-4-3-5-15(9-14)21(22,23)24/h3-10H,11H2,1-2H3,(H,26,27,29). The number of benzene rings is 2. The molecule has 9 heteroatoms. The minimum atomic E-state index is -4.40. The normalized spacial score (nSPS) is 11.9. The fourth-order valence-electron chi connectivity index (χ4n) is 3.00. The zero-order chi connectivity index (χ0) is 21.5. The molecule has 154 valence electrons. The third-order valence-electron chi connectivity index (χ3n) is 4.78. The average Bonchev–Trinajstić information content (AvgIpc) is 3.13. The van der Waals surface area contributed by atoms with Crippen LogP contribution in [0.3, 0.4) is 0 Å². The van der Waals surface area contributed by atoms with Gasteiger partial charge in [0, 0.05) is 5.75 Å². The second-order valence-electron chi connectivity index (χ2n) is 6.92. The molecule has 0 spiro atoms. The number of H-pyrrole nitrogens is 1. The second-order valence-corrected chi connectivity index (χ2v) is 7.88. The molecule has 0 atom stereocenters. The number of rotatable bonds is 4. The van der Waals surface area contributed by atoms with E-state index in [4.69, 9.17) is 0 Å². The Hall–Kier alpha value is -3.07. The highest BCUT2D eigenvalue weighted by atomic mass is 32.2. The molecule has 0 amide bonds. The molecule has 2 aromatic heterocycles. The minimum Gasteiger partial charge on any atom is -0.301 e. The SMILES string of the molecule is Cc1ccc(-n2ncc3c(=O)[nH]c(SCc4cccc(C(F)(F)F)c4)nc32)cc1C. The van der Waals surface area contributed by atoms with Crippen LogP contribution in [0.1, 0.15) is 22.3 Å². The third-order valence-corrected chi connectivity index (χ3v) is 5.73. The van der Waals surface area contributed by atoms with Gasteiger partial charge in [0.25, 0.3) is 5.56 Å². The van der Waals surface area contributed by atoms with Crippen LogP contribution in [0, 0.1) is 13.8 Å². The van der Waals surface area contributed by atoms with Crippen molar-refractivity contribution in [1.29, 1.82) is 0 Å². The highest BCUT2D eigenvalue weighted by Gasteiger charge is 2.30. The molecule has 0 radical (unpaired) electrons. The number of nitrogens with zero attached hydrogens (tertiary/aromatic N) is 3. The van der Waals surface area contributed by atoms with Crippen LogP contribution in [0.2, 0.25) is 0 Å². The molecule has 0 aliphatic carbocycles. The van der Waals surface area contributed by atoms with Gasteiger partial charge in [-0.2, -0.15) is 18.3 Å². The van der Waals surface area contributed by atoms with E-state index in [0.29, 0.717) is 21.8 Å². The van der Waals surface area contributed by atoms with Gasteiger partial charge in [0.2, 0.25) is 0 Å². The van der Waals surface area contributed by atoms with E-state index in [1.807, 2.05) is 32.0 Å². The van der Waals surface area contributed by atoms with Gasteiger partial charge in [-0.15, -0.1) is 0 Å². The summed E-state index contributed by atoms with van der Waals surface area (Å²) in [7, 11) is 0. The largest absolute Gasteiger partial charge is 0.416 e. The molecular formula is C21H17F3N4OS. The van der Waals surface area contributed by atoms with E-state index in [1.165, 1.54) is 12.3 Å². The maximum absolute atomic E-state index is 12.9. The quantitative estimate of drug-likeness (QED) is 0.364. The van der Waals surface area contributed by atoms with E-state index in [1.54, 1.807) is 10.7 Å². The zero-order valence-corrected chi connectivity index (χ0v) is 16.9. The smallest absolute Gasteiger partial charge is 0.301 e. The van der Waals surface area contributed by atoms with Crippen molar-refractivity contribution in [2.24, 2.45) is 0 Å². The van der Waals surface area contributed by atoms with Crippen LogP contribution in [0.25, 0.3) is 16.7 Å². The highest BCUT2D eigenvalue weighted by Crippen LogP contribution is 2.31. The second kappa shape index (κ2) is 7.64. The first-order chi connectivity index (χ1) is 14.2. The van der Waals surface area contributed by atoms with E-state index in [9.17, 15) is 18.0 Å². The van der Waals surface area contributed by atoms with Crippen molar-refractivity contribution in [2.45, 2.75) is 30.9 Å². The molecule has 5 nitrogen and oxygen atoms in total. The molecular weight excluding hydrogens is 413 g/mol. The van der Waals surface area contributed by atoms with Crippen LogP contribution in [0.4, 0.5) is 13.2 Å². The average molecular weight is 430 g/mol. The first kappa shape index (κ1) is 20.2. The first-order valence-electron chi connectivity index (χ1n) is 9.07. The van der Waals surface area contributed by atoms with Crippen LogP contribution < -0.4 is 5.56 Å². The molecule has 2 heterocycles. The molecule has 4 aromatic rings. The van der Waals surface area contributed by atoms with E-state index in [-0.39, 0.29) is 11.3 Å². The topological polar surface area (TPSA) is 63.6 Å². The van der Waals surface area contributed by atoms with Crippen molar-refractivity contribution in [3.8, 4) is 5.69 Å². The Morgan fingerprint density at radius 3 is 2.63 bits per heavy atom. The summed E-state index contributed by atoms with van der Waals surface area (Å²) < 4.78 is 40.3. The Labute approximate surface area is 174 Å². The summed E-state index contributed by atoms with van der Waals surface area (Å²) in [6.07, 6.45) is -2.94. The lowest BCUT2D eigenvalue weighted by molar-refractivity contribution is -0.137. The molecule has 0 bridgehead atoms. The summed E-state index contributed by atoms with van der Waals surface area (Å²) in [5, 5.41) is 4.95. The molecule has 1 N–H and O–H groups in total. The summed E-state index contributed by atoms with van der Waals surface area (Å²) in [4.78, 5) is 19.6. The van der Waals surface area contributed by atoms with Crippen LogP contribution in [-0.4, -0.2) is 19.7 Å². The predicted molar refractivity (Wildman–Crippen MR) is 110 cm³/mol. The lowest BCUT2D eigenvalue weighted by Gasteiger charge is -2.09. The number of thioether (sulfide) groups is 1. The number of halogens is 3. The van der Waals surface area contributed by atoms with Crippen molar-refractivity contribution in [1.82, 2.24) is 19.7 Å². The molecule has 0 unspecified atom stereocenters. The van der Waals surface area contributed by atoms with Gasteiger partial charge in [0.15, 0.2) is 10.8 Å².